The van der Waals surface area contributed by atoms with Crippen molar-refractivity contribution in [3.63, 3.8) is 0 Å². The Labute approximate surface area is 187 Å². The van der Waals surface area contributed by atoms with Gasteiger partial charge in [-0.1, -0.05) is 11.6 Å². The van der Waals surface area contributed by atoms with Crippen molar-refractivity contribution < 1.29 is 23.9 Å². The number of Topliss-reactive ketones (excluding diaryl/α,β-unsaturated/α-hetero) is 1. The molecule has 1 aromatic heterocycles. The average molecular weight is 449 g/mol. The van der Waals surface area contributed by atoms with Crippen LogP contribution in [0.1, 0.15) is 55.8 Å². The predicted molar refractivity (Wildman–Crippen MR) is 119 cm³/mol. The van der Waals surface area contributed by atoms with E-state index in [4.69, 9.17) is 21.1 Å². The van der Waals surface area contributed by atoms with Crippen LogP contribution in [-0.2, 0) is 16.5 Å². The topological polar surface area (TPSA) is 77.8 Å². The Bertz CT molecular complexity index is 965. The van der Waals surface area contributed by atoms with Crippen LogP contribution in [0.3, 0.4) is 0 Å². The fourth-order valence-electron chi connectivity index (χ4n) is 3.69. The van der Waals surface area contributed by atoms with Crippen LogP contribution < -0.4 is 0 Å². The molecular weight excluding hydrogens is 420 g/mol. The highest BCUT2D eigenvalue weighted by Gasteiger charge is 2.32. The molecule has 0 fully saturated rings. The highest BCUT2D eigenvalue weighted by Crippen LogP contribution is 2.25. The smallest absolute Gasteiger partial charge is 0.354 e. The molecule has 1 aromatic carbocycles. The molecule has 2 aromatic rings. The van der Waals surface area contributed by atoms with Crippen LogP contribution in [0.4, 0.5) is 0 Å². The maximum absolute atomic E-state index is 13.5. The Morgan fingerprint density at radius 2 is 1.74 bits per heavy atom. The summed E-state index contributed by atoms with van der Waals surface area (Å²) in [6, 6.07) is 5.82. The van der Waals surface area contributed by atoms with Gasteiger partial charge in [0.05, 0.1) is 13.2 Å². The minimum atomic E-state index is -0.745. The largest absolute Gasteiger partial charge is 0.464 e. The summed E-state index contributed by atoms with van der Waals surface area (Å²) >= 11 is 5.95. The number of halogens is 1. The number of amides is 1. The monoisotopic (exact) mass is 448 g/mol. The third-order valence-corrected chi connectivity index (χ3v) is 5.75. The molecule has 0 aliphatic rings. The Morgan fingerprint density at radius 3 is 2.29 bits per heavy atom. The van der Waals surface area contributed by atoms with Gasteiger partial charge < -0.3 is 18.9 Å². The zero-order valence-corrected chi connectivity index (χ0v) is 19.6. The third kappa shape index (κ3) is 5.17. The predicted octanol–water partition coefficient (Wildman–Crippen LogP) is 3.83. The molecule has 0 N–H and O–H groups in total. The van der Waals surface area contributed by atoms with Crippen molar-refractivity contribution in [2.45, 2.75) is 33.2 Å². The van der Waals surface area contributed by atoms with Gasteiger partial charge >= 0.3 is 5.97 Å². The fraction of sp³-hybridized carbons (Fsp3) is 0.435. The number of hydrogen-bond acceptors (Lipinski definition) is 5. The number of rotatable bonds is 9. The lowest BCUT2D eigenvalue weighted by atomic mass is 9.99. The summed E-state index contributed by atoms with van der Waals surface area (Å²) in [5, 5.41) is 0.525. The number of ether oxygens (including phenoxy) is 2. The van der Waals surface area contributed by atoms with Crippen LogP contribution in [0.2, 0.25) is 5.02 Å². The molecule has 0 aliphatic heterocycles. The molecule has 8 heteroatoms. The van der Waals surface area contributed by atoms with Gasteiger partial charge in [0, 0.05) is 49.2 Å². The van der Waals surface area contributed by atoms with Crippen molar-refractivity contribution >= 4 is 29.3 Å². The van der Waals surface area contributed by atoms with Gasteiger partial charge in [0.1, 0.15) is 5.69 Å². The van der Waals surface area contributed by atoms with E-state index in [9.17, 15) is 14.4 Å². The number of aromatic nitrogens is 1. The van der Waals surface area contributed by atoms with E-state index in [1.165, 1.54) is 12.0 Å². The summed E-state index contributed by atoms with van der Waals surface area (Å²) in [7, 11) is 4.60. The molecule has 0 saturated carbocycles. The first kappa shape index (κ1) is 24.6. The minimum absolute atomic E-state index is 0.236. The van der Waals surface area contributed by atoms with Crippen LogP contribution in [0, 0.1) is 13.8 Å². The second-order valence-electron chi connectivity index (χ2n) is 7.38. The van der Waals surface area contributed by atoms with Crippen molar-refractivity contribution in [1.82, 2.24) is 9.47 Å². The fourth-order valence-corrected chi connectivity index (χ4v) is 3.81. The molecule has 0 saturated heterocycles. The van der Waals surface area contributed by atoms with E-state index in [0.717, 1.165) is 0 Å². The summed E-state index contributed by atoms with van der Waals surface area (Å²) in [4.78, 5) is 40.5. The first-order valence-corrected chi connectivity index (χ1v) is 10.4. The van der Waals surface area contributed by atoms with Gasteiger partial charge in [-0.05, 0) is 57.0 Å². The minimum Gasteiger partial charge on any atom is -0.464 e. The van der Waals surface area contributed by atoms with Gasteiger partial charge in [-0.15, -0.1) is 0 Å². The number of carbonyl (C=O) groups excluding carboxylic acids is 3. The van der Waals surface area contributed by atoms with Crippen LogP contribution in [0.5, 0.6) is 0 Å². The van der Waals surface area contributed by atoms with Gasteiger partial charge in [-0.25, -0.2) is 4.79 Å². The standard InChI is InChI=1S/C23H29ClN2O5/c1-14-19(15(2)25(4)20(14)23(29)31-6)21(27)16(3)26(12-7-13-30-5)22(28)17-8-10-18(24)11-9-17/h8-11,16H,7,12-13H2,1-6H3. The number of esters is 1. The van der Waals surface area contributed by atoms with Gasteiger partial charge in [-0.3, -0.25) is 9.59 Å². The van der Waals surface area contributed by atoms with Crippen LogP contribution in [-0.4, -0.2) is 60.5 Å². The number of carbonyl (C=O) groups is 3. The molecule has 2 rings (SSSR count). The summed E-state index contributed by atoms with van der Waals surface area (Å²) in [5.41, 5.74) is 2.38. The summed E-state index contributed by atoms with van der Waals surface area (Å²) in [6.45, 7) is 6.00. The Balaban J connectivity index is 2.43. The molecule has 0 bridgehead atoms. The lowest BCUT2D eigenvalue weighted by molar-refractivity contribution is 0.0587. The highest BCUT2D eigenvalue weighted by atomic mass is 35.5. The first-order chi connectivity index (χ1) is 14.6. The van der Waals surface area contributed by atoms with E-state index in [-0.39, 0.29) is 11.7 Å². The maximum atomic E-state index is 13.5. The molecule has 168 valence electrons. The third-order valence-electron chi connectivity index (χ3n) is 5.50. The number of ketones is 1. The molecule has 0 aliphatic carbocycles. The first-order valence-electron chi connectivity index (χ1n) is 9.99. The molecule has 0 spiro atoms. The van der Waals surface area contributed by atoms with Crippen LogP contribution in [0.25, 0.3) is 0 Å². The van der Waals surface area contributed by atoms with Crippen molar-refractivity contribution in [3.05, 3.63) is 57.4 Å². The molecular formula is C23H29ClN2O5. The van der Waals surface area contributed by atoms with E-state index < -0.39 is 12.0 Å². The van der Waals surface area contributed by atoms with E-state index in [2.05, 4.69) is 0 Å². The van der Waals surface area contributed by atoms with Gasteiger partial charge in [0.2, 0.25) is 0 Å². The Morgan fingerprint density at radius 1 is 1.13 bits per heavy atom. The van der Waals surface area contributed by atoms with E-state index in [1.807, 2.05) is 0 Å². The molecule has 7 nitrogen and oxygen atoms in total. The van der Waals surface area contributed by atoms with Gasteiger partial charge in [-0.2, -0.15) is 0 Å². The second-order valence-corrected chi connectivity index (χ2v) is 7.81. The van der Waals surface area contributed by atoms with E-state index in [0.29, 0.717) is 52.7 Å². The number of benzene rings is 1. The lowest BCUT2D eigenvalue weighted by Gasteiger charge is -2.29. The van der Waals surface area contributed by atoms with Crippen molar-refractivity contribution in [3.8, 4) is 0 Å². The Kier molecular flexibility index (Phi) is 8.42. The average Bonchev–Trinajstić information content (AvgIpc) is 2.98. The summed E-state index contributed by atoms with van der Waals surface area (Å²) in [6.07, 6.45) is 0.577. The zero-order valence-electron chi connectivity index (χ0n) is 18.8. The van der Waals surface area contributed by atoms with Crippen molar-refractivity contribution in [1.29, 1.82) is 0 Å². The highest BCUT2D eigenvalue weighted by molar-refractivity contribution is 6.30. The van der Waals surface area contributed by atoms with Gasteiger partial charge in [0.25, 0.3) is 5.91 Å². The Hall–Kier alpha value is -2.64. The number of hydrogen-bond donors (Lipinski definition) is 0. The molecule has 31 heavy (non-hydrogen) atoms. The van der Waals surface area contributed by atoms with Gasteiger partial charge in [0.15, 0.2) is 5.78 Å². The molecule has 1 amide bonds. The van der Waals surface area contributed by atoms with Crippen molar-refractivity contribution in [2.75, 3.05) is 27.4 Å². The van der Waals surface area contributed by atoms with Crippen molar-refractivity contribution in [2.24, 2.45) is 7.05 Å². The molecule has 1 atom stereocenters. The molecule has 1 heterocycles. The summed E-state index contributed by atoms with van der Waals surface area (Å²) < 4.78 is 11.6. The number of nitrogens with zero attached hydrogens (tertiary/aromatic N) is 2. The lowest BCUT2D eigenvalue weighted by Crippen LogP contribution is -2.44. The van der Waals surface area contributed by atoms with E-state index >= 15 is 0 Å². The van der Waals surface area contributed by atoms with E-state index in [1.54, 1.807) is 63.8 Å². The second kappa shape index (κ2) is 10.6. The normalized spacial score (nSPS) is 11.8. The van der Waals surface area contributed by atoms with Crippen LogP contribution >= 0.6 is 11.6 Å². The molecule has 0 radical (unpaired) electrons. The van der Waals surface area contributed by atoms with Crippen LogP contribution in [0.15, 0.2) is 24.3 Å². The zero-order chi connectivity index (χ0) is 23.3. The number of methoxy groups -OCH3 is 2. The molecule has 1 unspecified atom stereocenters. The maximum Gasteiger partial charge on any atom is 0.354 e. The quantitative estimate of drug-likeness (QED) is 0.331. The summed E-state index contributed by atoms with van der Waals surface area (Å²) in [5.74, 6) is -1.02. The SMILES string of the molecule is COCCCN(C(=O)c1ccc(Cl)cc1)C(C)C(=O)c1c(C)c(C(=O)OC)n(C)c1C.